The van der Waals surface area contributed by atoms with Crippen LogP contribution in [0.25, 0.3) is 0 Å². The lowest BCUT2D eigenvalue weighted by molar-refractivity contribution is -0.130. The molecule has 0 aromatic rings. The largest absolute Gasteiger partial charge is 0.391 e. The van der Waals surface area contributed by atoms with E-state index in [9.17, 15) is 9.90 Å². The molecule has 1 amide bonds. The van der Waals surface area contributed by atoms with Gasteiger partial charge in [-0.1, -0.05) is 20.3 Å². The van der Waals surface area contributed by atoms with Gasteiger partial charge in [-0.15, -0.1) is 0 Å². The van der Waals surface area contributed by atoms with Crippen molar-refractivity contribution in [2.45, 2.75) is 46.1 Å². The molecule has 0 radical (unpaired) electrons. The van der Waals surface area contributed by atoms with Gasteiger partial charge < -0.3 is 16.2 Å². The normalized spacial score (nSPS) is 16.9. The van der Waals surface area contributed by atoms with Crippen LogP contribution in [0.1, 0.15) is 40.0 Å². The van der Waals surface area contributed by atoms with E-state index in [4.69, 9.17) is 5.73 Å². The topological polar surface area (TPSA) is 75.3 Å². The van der Waals surface area contributed by atoms with Gasteiger partial charge in [0.2, 0.25) is 5.91 Å². The first-order valence-corrected chi connectivity index (χ1v) is 5.66. The van der Waals surface area contributed by atoms with Gasteiger partial charge in [-0.3, -0.25) is 4.79 Å². The van der Waals surface area contributed by atoms with Crippen LogP contribution in [0.4, 0.5) is 0 Å². The summed E-state index contributed by atoms with van der Waals surface area (Å²) >= 11 is 0. The van der Waals surface area contributed by atoms with E-state index in [1.54, 1.807) is 0 Å². The summed E-state index contributed by atoms with van der Waals surface area (Å²) in [7, 11) is 0. The van der Waals surface area contributed by atoms with E-state index in [2.05, 4.69) is 5.32 Å². The summed E-state index contributed by atoms with van der Waals surface area (Å²) in [6.45, 7) is 6.44. The predicted octanol–water partition coefficient (Wildman–Crippen LogP) is 0.639. The number of amides is 1. The molecule has 0 aromatic carbocycles. The molecular weight excluding hydrogens is 192 g/mol. The number of nitrogens with one attached hydrogen (secondary N) is 1. The van der Waals surface area contributed by atoms with Crippen LogP contribution in [-0.2, 0) is 4.79 Å². The van der Waals surface area contributed by atoms with Crippen molar-refractivity contribution < 1.29 is 9.90 Å². The average Bonchev–Trinajstić information content (AvgIpc) is 2.25. The number of hydrogen-bond donors (Lipinski definition) is 3. The van der Waals surface area contributed by atoms with Gasteiger partial charge >= 0.3 is 0 Å². The van der Waals surface area contributed by atoms with Crippen LogP contribution in [-0.4, -0.2) is 30.2 Å². The molecule has 0 aliphatic heterocycles. The van der Waals surface area contributed by atoms with Crippen molar-refractivity contribution in [1.82, 2.24) is 5.32 Å². The molecule has 4 nitrogen and oxygen atoms in total. The number of nitrogens with two attached hydrogens (primary N) is 1. The molecule has 4 N–H and O–H groups in total. The molecule has 0 aliphatic carbocycles. The van der Waals surface area contributed by atoms with E-state index in [0.717, 1.165) is 6.42 Å². The molecule has 0 aromatic heterocycles. The van der Waals surface area contributed by atoms with Crippen LogP contribution in [0, 0.1) is 5.41 Å². The van der Waals surface area contributed by atoms with Crippen molar-refractivity contribution in [2.24, 2.45) is 11.1 Å². The second-order valence-corrected chi connectivity index (χ2v) is 4.27. The summed E-state index contributed by atoms with van der Waals surface area (Å²) in [5, 5.41) is 12.2. The molecule has 0 rings (SSSR count). The first kappa shape index (κ1) is 14.4. The molecule has 90 valence electrons. The molecule has 0 fully saturated rings. The van der Waals surface area contributed by atoms with E-state index in [1.807, 2.05) is 20.8 Å². The maximum absolute atomic E-state index is 11.7. The third-order valence-corrected chi connectivity index (χ3v) is 2.90. The lowest BCUT2D eigenvalue weighted by Crippen LogP contribution is -2.45. The molecule has 4 heteroatoms. The van der Waals surface area contributed by atoms with E-state index in [1.165, 1.54) is 0 Å². The highest BCUT2D eigenvalue weighted by Gasteiger charge is 2.29. The minimum Gasteiger partial charge on any atom is -0.391 e. The van der Waals surface area contributed by atoms with Crippen LogP contribution in [0.2, 0.25) is 0 Å². The van der Waals surface area contributed by atoms with Crippen molar-refractivity contribution in [3.8, 4) is 0 Å². The van der Waals surface area contributed by atoms with Crippen LogP contribution in [0.3, 0.4) is 0 Å². The summed E-state index contributed by atoms with van der Waals surface area (Å²) in [6, 6.07) is 0. The van der Waals surface area contributed by atoms with E-state index >= 15 is 0 Å². The highest BCUT2D eigenvalue weighted by Crippen LogP contribution is 2.18. The van der Waals surface area contributed by atoms with Gasteiger partial charge in [-0.05, 0) is 19.8 Å². The Morgan fingerprint density at radius 3 is 2.53 bits per heavy atom. The summed E-state index contributed by atoms with van der Waals surface area (Å²) in [4.78, 5) is 11.7. The molecule has 0 heterocycles. The molecule has 2 unspecified atom stereocenters. The number of aliphatic hydroxyl groups excluding tert-OH is 1. The standard InChI is InChI=1S/C11H24N2O2/c1-4-6-9(14)7-13-10(15)11(3,5-2)8-12/h9,14H,4-8,12H2,1-3H3,(H,13,15). The second-order valence-electron chi connectivity index (χ2n) is 4.27. The maximum Gasteiger partial charge on any atom is 0.227 e. The third-order valence-electron chi connectivity index (χ3n) is 2.90. The van der Waals surface area contributed by atoms with E-state index in [0.29, 0.717) is 25.9 Å². The monoisotopic (exact) mass is 216 g/mol. The first-order valence-electron chi connectivity index (χ1n) is 5.66. The Hall–Kier alpha value is -0.610. The zero-order chi connectivity index (χ0) is 11.9. The predicted molar refractivity (Wildman–Crippen MR) is 61.4 cm³/mol. The fourth-order valence-electron chi connectivity index (χ4n) is 1.26. The third kappa shape index (κ3) is 4.62. The number of rotatable bonds is 7. The molecule has 0 saturated heterocycles. The summed E-state index contributed by atoms with van der Waals surface area (Å²) in [5.74, 6) is -0.0670. The molecule has 0 bridgehead atoms. The van der Waals surface area contributed by atoms with Crippen LogP contribution in [0.5, 0.6) is 0 Å². The fraction of sp³-hybridized carbons (Fsp3) is 0.909. The van der Waals surface area contributed by atoms with Gasteiger partial charge in [-0.2, -0.15) is 0 Å². The molecular formula is C11H24N2O2. The average molecular weight is 216 g/mol. The minimum absolute atomic E-state index is 0.0670. The zero-order valence-electron chi connectivity index (χ0n) is 10.0. The Morgan fingerprint density at radius 2 is 2.13 bits per heavy atom. The quantitative estimate of drug-likeness (QED) is 0.584. The summed E-state index contributed by atoms with van der Waals surface area (Å²) < 4.78 is 0. The summed E-state index contributed by atoms with van der Waals surface area (Å²) in [6.07, 6.45) is 1.89. The van der Waals surface area contributed by atoms with Crippen molar-refractivity contribution in [3.63, 3.8) is 0 Å². The first-order chi connectivity index (χ1) is 7.00. The van der Waals surface area contributed by atoms with Gasteiger partial charge in [0, 0.05) is 13.1 Å². The van der Waals surface area contributed by atoms with E-state index < -0.39 is 11.5 Å². The number of carbonyl (C=O) groups excluding carboxylic acids is 1. The van der Waals surface area contributed by atoms with Crippen LogP contribution >= 0.6 is 0 Å². The molecule has 15 heavy (non-hydrogen) atoms. The van der Waals surface area contributed by atoms with Gasteiger partial charge in [0.05, 0.1) is 11.5 Å². The van der Waals surface area contributed by atoms with E-state index in [-0.39, 0.29) is 5.91 Å². The Kier molecular flexibility index (Phi) is 6.52. The van der Waals surface area contributed by atoms with Crippen molar-refractivity contribution >= 4 is 5.91 Å². The fourth-order valence-corrected chi connectivity index (χ4v) is 1.26. The minimum atomic E-state index is -0.508. The number of aliphatic hydroxyl groups is 1. The van der Waals surface area contributed by atoms with Crippen molar-refractivity contribution in [2.75, 3.05) is 13.1 Å². The Balaban J connectivity index is 4.02. The van der Waals surface area contributed by atoms with Gasteiger partial charge in [0.1, 0.15) is 0 Å². The highest BCUT2D eigenvalue weighted by atomic mass is 16.3. The number of hydrogen-bond acceptors (Lipinski definition) is 3. The van der Waals surface area contributed by atoms with Crippen molar-refractivity contribution in [3.05, 3.63) is 0 Å². The van der Waals surface area contributed by atoms with Gasteiger partial charge in [0.25, 0.3) is 0 Å². The Morgan fingerprint density at radius 1 is 1.53 bits per heavy atom. The SMILES string of the molecule is CCCC(O)CNC(=O)C(C)(CC)CN. The lowest BCUT2D eigenvalue weighted by atomic mass is 9.86. The van der Waals surface area contributed by atoms with Crippen LogP contribution in [0.15, 0.2) is 0 Å². The summed E-state index contributed by atoms with van der Waals surface area (Å²) in [5.41, 5.74) is 5.05. The van der Waals surface area contributed by atoms with Gasteiger partial charge in [-0.25, -0.2) is 0 Å². The van der Waals surface area contributed by atoms with Gasteiger partial charge in [0.15, 0.2) is 0 Å². The van der Waals surface area contributed by atoms with Crippen molar-refractivity contribution in [1.29, 1.82) is 0 Å². The maximum atomic E-state index is 11.7. The van der Waals surface area contributed by atoms with Crippen LogP contribution < -0.4 is 11.1 Å². The molecule has 0 aliphatic rings. The molecule has 0 spiro atoms. The zero-order valence-corrected chi connectivity index (χ0v) is 10.0. The molecule has 2 atom stereocenters. The highest BCUT2D eigenvalue weighted by molar-refractivity contribution is 5.82. The number of carbonyl (C=O) groups is 1. The Bertz CT molecular complexity index is 191. The molecule has 0 saturated carbocycles. The second kappa shape index (κ2) is 6.80. The smallest absolute Gasteiger partial charge is 0.227 e. The Labute approximate surface area is 92.2 Å². The lowest BCUT2D eigenvalue weighted by Gasteiger charge is -2.25.